The van der Waals surface area contributed by atoms with E-state index in [1.165, 1.54) is 12.0 Å². The highest BCUT2D eigenvalue weighted by Gasteiger charge is 1.98. The molecule has 0 aliphatic rings. The van der Waals surface area contributed by atoms with Crippen molar-refractivity contribution in [3.05, 3.63) is 41.5 Å². The highest BCUT2D eigenvalue weighted by atomic mass is 35.5. The van der Waals surface area contributed by atoms with Gasteiger partial charge in [-0.1, -0.05) is 49.2 Å². The van der Waals surface area contributed by atoms with Crippen molar-refractivity contribution in [2.24, 2.45) is 0 Å². The molecule has 0 heterocycles. The van der Waals surface area contributed by atoms with Gasteiger partial charge in [0.15, 0.2) is 6.21 Å². The molecule has 1 nitrogen and oxygen atoms in total. The van der Waals surface area contributed by atoms with Gasteiger partial charge >= 0.3 is 0 Å². The van der Waals surface area contributed by atoms with E-state index in [1.54, 1.807) is 0 Å². The standard InChI is InChI=1S/C14H19ClN/c1-4-5-12-6-8-13(9-7-12)14(15)10-11-16(2)3/h6-11H,4-5H2,1-3H3/q+1/b14-10-. The van der Waals surface area contributed by atoms with Crippen LogP contribution >= 0.6 is 11.6 Å². The lowest BCUT2D eigenvalue weighted by molar-refractivity contribution is -0.458. The van der Waals surface area contributed by atoms with Crippen LogP contribution in [0.2, 0.25) is 0 Å². The van der Waals surface area contributed by atoms with E-state index in [0.717, 1.165) is 17.0 Å². The lowest BCUT2D eigenvalue weighted by atomic mass is 10.1. The van der Waals surface area contributed by atoms with Gasteiger partial charge in [-0.05, 0) is 17.5 Å². The summed E-state index contributed by atoms with van der Waals surface area (Å²) < 4.78 is 1.97. The van der Waals surface area contributed by atoms with Gasteiger partial charge < -0.3 is 0 Å². The van der Waals surface area contributed by atoms with Crippen LogP contribution in [0, 0.1) is 0 Å². The van der Waals surface area contributed by atoms with Crippen molar-refractivity contribution in [1.29, 1.82) is 0 Å². The molecule has 0 atom stereocenters. The van der Waals surface area contributed by atoms with E-state index in [0.29, 0.717) is 0 Å². The Kier molecular flexibility index (Phi) is 5.27. The van der Waals surface area contributed by atoms with Gasteiger partial charge in [0.25, 0.3) is 0 Å². The molecule has 0 amide bonds. The number of hydrogen-bond acceptors (Lipinski definition) is 0. The highest BCUT2D eigenvalue weighted by Crippen LogP contribution is 2.18. The molecule has 0 aliphatic heterocycles. The van der Waals surface area contributed by atoms with Crippen LogP contribution < -0.4 is 0 Å². The Morgan fingerprint density at radius 2 is 1.88 bits per heavy atom. The van der Waals surface area contributed by atoms with Crippen LogP contribution in [0.4, 0.5) is 0 Å². The number of hydrogen-bond donors (Lipinski definition) is 0. The number of rotatable bonds is 4. The van der Waals surface area contributed by atoms with Gasteiger partial charge in [-0.2, -0.15) is 0 Å². The molecule has 0 aliphatic carbocycles. The highest BCUT2D eigenvalue weighted by molar-refractivity contribution is 6.49. The molecule has 0 N–H and O–H groups in total. The van der Waals surface area contributed by atoms with Crippen LogP contribution in [0.1, 0.15) is 24.5 Å². The monoisotopic (exact) mass is 236 g/mol. The lowest BCUT2D eigenvalue weighted by Gasteiger charge is -2.01. The van der Waals surface area contributed by atoms with Crippen LogP contribution in [-0.4, -0.2) is 24.9 Å². The first-order valence-corrected chi connectivity index (χ1v) is 5.97. The van der Waals surface area contributed by atoms with Crippen LogP contribution in [0.15, 0.2) is 30.3 Å². The minimum absolute atomic E-state index is 0.775. The third-order valence-corrected chi connectivity index (χ3v) is 2.63. The van der Waals surface area contributed by atoms with E-state index >= 15 is 0 Å². The minimum atomic E-state index is 0.775. The van der Waals surface area contributed by atoms with Gasteiger partial charge in [0.2, 0.25) is 0 Å². The molecule has 2 heteroatoms. The summed E-state index contributed by atoms with van der Waals surface area (Å²) in [6.45, 7) is 2.19. The Balaban J connectivity index is 2.81. The van der Waals surface area contributed by atoms with Gasteiger partial charge in [0.1, 0.15) is 14.1 Å². The SMILES string of the molecule is CCCc1ccc(/C(Cl)=C/C=[N+](C)C)cc1. The van der Waals surface area contributed by atoms with E-state index in [9.17, 15) is 0 Å². The molecule has 0 spiro atoms. The summed E-state index contributed by atoms with van der Waals surface area (Å²) in [5.41, 5.74) is 2.44. The van der Waals surface area contributed by atoms with Gasteiger partial charge in [0, 0.05) is 6.08 Å². The molecule has 1 aromatic carbocycles. The smallest absolute Gasteiger partial charge is 0.164 e. The molecule has 1 aromatic rings. The zero-order valence-corrected chi connectivity index (χ0v) is 11.0. The molecule has 0 bridgehead atoms. The molecule has 16 heavy (non-hydrogen) atoms. The predicted octanol–water partition coefficient (Wildman–Crippen LogP) is 3.56. The molecule has 0 unspecified atom stereocenters. The molecular formula is C14H19ClN+. The van der Waals surface area contributed by atoms with Crippen molar-refractivity contribution in [3.63, 3.8) is 0 Å². The molecule has 0 saturated carbocycles. The maximum absolute atomic E-state index is 6.18. The van der Waals surface area contributed by atoms with Crippen LogP contribution in [0.25, 0.3) is 5.03 Å². The second-order valence-corrected chi connectivity index (χ2v) is 4.48. The van der Waals surface area contributed by atoms with E-state index < -0.39 is 0 Å². The normalized spacial score (nSPS) is 11.4. The molecule has 86 valence electrons. The molecular weight excluding hydrogens is 218 g/mol. The van der Waals surface area contributed by atoms with Crippen molar-refractivity contribution in [2.75, 3.05) is 14.1 Å². The Labute approximate surface area is 103 Å². The van der Waals surface area contributed by atoms with Gasteiger partial charge in [-0.15, -0.1) is 0 Å². The fourth-order valence-corrected chi connectivity index (χ4v) is 1.61. The molecule has 0 radical (unpaired) electrons. The first-order valence-electron chi connectivity index (χ1n) is 5.60. The Morgan fingerprint density at radius 1 is 1.25 bits per heavy atom. The third-order valence-electron chi connectivity index (χ3n) is 2.29. The first-order chi connectivity index (χ1) is 7.63. The Bertz CT molecular complexity index is 384. The Morgan fingerprint density at radius 3 is 2.38 bits per heavy atom. The van der Waals surface area contributed by atoms with Crippen LogP contribution in [0.3, 0.4) is 0 Å². The lowest BCUT2D eigenvalue weighted by Crippen LogP contribution is -1.95. The second kappa shape index (κ2) is 6.49. The summed E-state index contributed by atoms with van der Waals surface area (Å²) in [6.07, 6.45) is 6.17. The first kappa shape index (κ1) is 13.0. The fraction of sp³-hybridized carbons (Fsp3) is 0.357. The summed E-state index contributed by atoms with van der Waals surface area (Å²) >= 11 is 6.18. The summed E-state index contributed by atoms with van der Waals surface area (Å²) in [5, 5.41) is 0.775. The summed E-state index contributed by atoms with van der Waals surface area (Å²) in [4.78, 5) is 0. The van der Waals surface area contributed by atoms with Gasteiger partial charge in [-0.3, -0.25) is 0 Å². The summed E-state index contributed by atoms with van der Waals surface area (Å²) in [5.74, 6) is 0. The van der Waals surface area contributed by atoms with Crippen molar-refractivity contribution in [3.8, 4) is 0 Å². The maximum Gasteiger partial charge on any atom is 0.164 e. The van der Waals surface area contributed by atoms with Crippen molar-refractivity contribution in [1.82, 2.24) is 0 Å². The maximum atomic E-state index is 6.18. The molecule has 0 aromatic heterocycles. The van der Waals surface area contributed by atoms with Crippen molar-refractivity contribution in [2.45, 2.75) is 19.8 Å². The van der Waals surface area contributed by atoms with Gasteiger partial charge in [0.05, 0.1) is 5.03 Å². The van der Waals surface area contributed by atoms with Crippen molar-refractivity contribution < 1.29 is 4.58 Å². The minimum Gasteiger partial charge on any atom is -0.241 e. The number of halogens is 1. The zero-order valence-electron chi connectivity index (χ0n) is 10.2. The fourth-order valence-electron chi connectivity index (χ4n) is 1.43. The zero-order chi connectivity index (χ0) is 12.0. The number of nitrogens with zero attached hydrogens (tertiary/aromatic N) is 1. The third kappa shape index (κ3) is 4.19. The summed E-state index contributed by atoms with van der Waals surface area (Å²) in [7, 11) is 3.95. The van der Waals surface area contributed by atoms with E-state index in [1.807, 2.05) is 31.0 Å². The van der Waals surface area contributed by atoms with E-state index in [4.69, 9.17) is 11.6 Å². The average molecular weight is 237 g/mol. The van der Waals surface area contributed by atoms with Crippen molar-refractivity contribution >= 4 is 22.8 Å². The number of allylic oxidation sites excluding steroid dienone is 1. The number of aryl methyl sites for hydroxylation is 1. The quantitative estimate of drug-likeness (QED) is 0.556. The van der Waals surface area contributed by atoms with Gasteiger partial charge in [-0.25, -0.2) is 4.58 Å². The van der Waals surface area contributed by atoms with Crippen LogP contribution in [0.5, 0.6) is 0 Å². The van der Waals surface area contributed by atoms with Crippen LogP contribution in [-0.2, 0) is 6.42 Å². The Hall–Kier alpha value is -1.08. The second-order valence-electron chi connectivity index (χ2n) is 4.07. The molecule has 0 saturated heterocycles. The van der Waals surface area contributed by atoms with E-state index in [-0.39, 0.29) is 0 Å². The average Bonchev–Trinajstić information content (AvgIpc) is 2.27. The molecule has 0 fully saturated rings. The summed E-state index contributed by atoms with van der Waals surface area (Å²) in [6, 6.07) is 8.44. The van der Waals surface area contributed by atoms with E-state index in [2.05, 4.69) is 31.2 Å². The topological polar surface area (TPSA) is 3.01 Å². The number of benzene rings is 1. The predicted molar refractivity (Wildman–Crippen MR) is 72.4 cm³/mol. The molecule has 1 rings (SSSR count). The largest absolute Gasteiger partial charge is 0.241 e.